The first-order valence-electron chi connectivity index (χ1n) is 9.18. The predicted octanol–water partition coefficient (Wildman–Crippen LogP) is 3.04. The molecule has 0 bridgehead atoms. The zero-order chi connectivity index (χ0) is 20.1. The van der Waals surface area contributed by atoms with Gasteiger partial charge in [0.1, 0.15) is 5.69 Å². The number of aromatic nitrogens is 1. The summed E-state index contributed by atoms with van der Waals surface area (Å²) in [6.45, 7) is 0.651. The summed E-state index contributed by atoms with van der Waals surface area (Å²) < 4.78 is 10.6. The fourth-order valence-electron chi connectivity index (χ4n) is 2.93. The molecule has 2 amide bonds. The molecule has 146 valence electrons. The molecule has 0 aliphatic carbocycles. The van der Waals surface area contributed by atoms with Crippen LogP contribution in [0.3, 0.4) is 0 Å². The largest absolute Gasteiger partial charge is 0.454 e. The van der Waals surface area contributed by atoms with Gasteiger partial charge in [-0.25, -0.2) is 0 Å². The highest BCUT2D eigenvalue weighted by atomic mass is 16.7. The average Bonchev–Trinajstić information content (AvgIpc) is 3.22. The summed E-state index contributed by atoms with van der Waals surface area (Å²) in [5.41, 5.74) is 2.24. The van der Waals surface area contributed by atoms with Gasteiger partial charge in [-0.15, -0.1) is 0 Å². The lowest BCUT2D eigenvalue weighted by Crippen LogP contribution is -2.27. The molecule has 4 rings (SSSR count). The Kier molecular flexibility index (Phi) is 5.38. The number of carbonyl (C=O) groups is 2. The van der Waals surface area contributed by atoms with Gasteiger partial charge in [0.05, 0.1) is 0 Å². The molecular weight excluding hydrogens is 370 g/mol. The number of carbonyl (C=O) groups excluding carboxylic acids is 2. The van der Waals surface area contributed by atoms with Gasteiger partial charge >= 0.3 is 0 Å². The summed E-state index contributed by atoms with van der Waals surface area (Å²) in [6.07, 6.45) is 2.16. The Morgan fingerprint density at radius 3 is 2.62 bits per heavy atom. The molecule has 0 spiro atoms. The molecule has 7 nitrogen and oxygen atoms in total. The van der Waals surface area contributed by atoms with Crippen molar-refractivity contribution in [3.05, 3.63) is 83.7 Å². The van der Waals surface area contributed by atoms with Crippen molar-refractivity contribution < 1.29 is 19.1 Å². The van der Waals surface area contributed by atoms with Crippen molar-refractivity contribution in [1.82, 2.24) is 10.3 Å². The van der Waals surface area contributed by atoms with Gasteiger partial charge < -0.3 is 20.1 Å². The molecule has 0 fully saturated rings. The first-order valence-corrected chi connectivity index (χ1v) is 9.18. The lowest BCUT2D eigenvalue weighted by molar-refractivity contribution is 0.0949. The Balaban J connectivity index is 1.37. The summed E-state index contributed by atoms with van der Waals surface area (Å²) in [4.78, 5) is 29.0. The van der Waals surface area contributed by atoms with Crippen molar-refractivity contribution >= 4 is 17.5 Å². The normalized spacial score (nSPS) is 11.7. The predicted molar refractivity (Wildman–Crippen MR) is 107 cm³/mol. The maximum atomic E-state index is 12.5. The van der Waals surface area contributed by atoms with Gasteiger partial charge in [0.25, 0.3) is 11.8 Å². The third-order valence-electron chi connectivity index (χ3n) is 4.43. The molecule has 2 aromatic carbocycles. The van der Waals surface area contributed by atoms with Crippen LogP contribution < -0.4 is 20.1 Å². The van der Waals surface area contributed by atoms with E-state index in [0.717, 1.165) is 12.0 Å². The topological polar surface area (TPSA) is 89.6 Å². The van der Waals surface area contributed by atoms with Crippen LogP contribution in [0.1, 0.15) is 26.4 Å². The van der Waals surface area contributed by atoms with Crippen molar-refractivity contribution in [2.45, 2.75) is 6.42 Å². The summed E-state index contributed by atoms with van der Waals surface area (Å²) in [5, 5.41) is 5.61. The Labute approximate surface area is 167 Å². The number of pyridine rings is 1. The molecule has 3 aromatic rings. The number of ether oxygens (including phenoxy) is 2. The lowest BCUT2D eigenvalue weighted by atomic mass is 10.1. The molecule has 2 heterocycles. The number of nitrogens with one attached hydrogen (secondary N) is 2. The fraction of sp³-hybridized carbons (Fsp3) is 0.136. The standard InChI is InChI=1S/C22H19N3O4/c26-21(25-17-6-7-19-20(13-17)29-14-28-19)16-9-11-23-18(12-16)22(27)24-10-8-15-4-2-1-3-5-15/h1-7,9,11-13H,8,10,14H2,(H,24,27)(H,25,26). The number of hydrogen-bond acceptors (Lipinski definition) is 5. The number of fused-ring (bicyclic) bond motifs is 1. The minimum absolute atomic E-state index is 0.166. The minimum Gasteiger partial charge on any atom is -0.454 e. The van der Waals surface area contributed by atoms with Crippen molar-refractivity contribution in [1.29, 1.82) is 0 Å². The molecule has 0 radical (unpaired) electrons. The maximum Gasteiger partial charge on any atom is 0.269 e. The highest BCUT2D eigenvalue weighted by Crippen LogP contribution is 2.34. The van der Waals surface area contributed by atoms with E-state index in [1.807, 2.05) is 30.3 Å². The third-order valence-corrected chi connectivity index (χ3v) is 4.43. The van der Waals surface area contributed by atoms with Crippen LogP contribution in [0, 0.1) is 0 Å². The Morgan fingerprint density at radius 1 is 0.931 bits per heavy atom. The van der Waals surface area contributed by atoms with Crippen LogP contribution >= 0.6 is 0 Å². The van der Waals surface area contributed by atoms with Crippen LogP contribution in [0.25, 0.3) is 0 Å². The smallest absolute Gasteiger partial charge is 0.269 e. The first-order chi connectivity index (χ1) is 14.2. The molecule has 0 saturated carbocycles. The van der Waals surface area contributed by atoms with Gasteiger partial charge in [-0.3, -0.25) is 14.6 Å². The molecule has 29 heavy (non-hydrogen) atoms. The second-order valence-electron chi connectivity index (χ2n) is 6.44. The molecule has 1 aromatic heterocycles. The number of anilines is 1. The second kappa shape index (κ2) is 8.43. The monoisotopic (exact) mass is 389 g/mol. The summed E-state index contributed by atoms with van der Waals surface area (Å²) in [5.74, 6) is 0.556. The first kappa shape index (κ1) is 18.5. The number of hydrogen-bond donors (Lipinski definition) is 2. The minimum atomic E-state index is -0.343. The van der Waals surface area contributed by atoms with Crippen LogP contribution in [0.15, 0.2) is 66.9 Å². The van der Waals surface area contributed by atoms with E-state index in [1.165, 1.54) is 12.3 Å². The SMILES string of the molecule is O=C(Nc1ccc2c(c1)OCO2)c1ccnc(C(=O)NCCc2ccccc2)c1. The number of amides is 2. The van der Waals surface area contributed by atoms with Crippen LogP contribution in [-0.4, -0.2) is 30.1 Å². The van der Waals surface area contributed by atoms with E-state index in [2.05, 4.69) is 15.6 Å². The molecule has 1 aliphatic rings. The number of nitrogens with zero attached hydrogens (tertiary/aromatic N) is 1. The average molecular weight is 389 g/mol. The zero-order valence-electron chi connectivity index (χ0n) is 15.6. The van der Waals surface area contributed by atoms with E-state index in [0.29, 0.717) is 29.3 Å². The number of rotatable bonds is 6. The van der Waals surface area contributed by atoms with Gasteiger partial charge in [0.15, 0.2) is 11.5 Å². The number of benzene rings is 2. The third kappa shape index (κ3) is 4.52. The van der Waals surface area contributed by atoms with Crippen LogP contribution in [0.4, 0.5) is 5.69 Å². The summed E-state index contributed by atoms with van der Waals surface area (Å²) >= 11 is 0. The van der Waals surface area contributed by atoms with E-state index in [1.54, 1.807) is 24.3 Å². The van der Waals surface area contributed by atoms with Gasteiger partial charge in [0, 0.05) is 30.1 Å². The maximum absolute atomic E-state index is 12.5. The van der Waals surface area contributed by atoms with Crippen molar-refractivity contribution in [3.63, 3.8) is 0 Å². The van der Waals surface area contributed by atoms with E-state index in [4.69, 9.17) is 9.47 Å². The lowest BCUT2D eigenvalue weighted by Gasteiger charge is -2.08. The Hall–Kier alpha value is -3.87. The molecule has 1 aliphatic heterocycles. The van der Waals surface area contributed by atoms with Gasteiger partial charge in [-0.2, -0.15) is 0 Å². The fourth-order valence-corrected chi connectivity index (χ4v) is 2.93. The van der Waals surface area contributed by atoms with Crippen LogP contribution in [0.2, 0.25) is 0 Å². The van der Waals surface area contributed by atoms with E-state index < -0.39 is 0 Å². The van der Waals surface area contributed by atoms with Crippen molar-refractivity contribution in [2.24, 2.45) is 0 Å². The van der Waals surface area contributed by atoms with Crippen molar-refractivity contribution in [3.8, 4) is 11.5 Å². The zero-order valence-corrected chi connectivity index (χ0v) is 15.6. The summed E-state index contributed by atoms with van der Waals surface area (Å²) in [7, 11) is 0. The molecule has 2 N–H and O–H groups in total. The highest BCUT2D eigenvalue weighted by molar-refractivity contribution is 6.05. The van der Waals surface area contributed by atoms with Crippen LogP contribution in [-0.2, 0) is 6.42 Å². The van der Waals surface area contributed by atoms with E-state index in [9.17, 15) is 9.59 Å². The molecule has 0 saturated heterocycles. The Morgan fingerprint density at radius 2 is 1.76 bits per heavy atom. The molecule has 0 unspecified atom stereocenters. The van der Waals surface area contributed by atoms with E-state index >= 15 is 0 Å². The van der Waals surface area contributed by atoms with Gasteiger partial charge in [-0.05, 0) is 36.2 Å². The second-order valence-corrected chi connectivity index (χ2v) is 6.44. The quantitative estimate of drug-likeness (QED) is 0.676. The summed E-state index contributed by atoms with van der Waals surface area (Å²) in [6, 6.07) is 18.1. The molecule has 0 atom stereocenters. The van der Waals surface area contributed by atoms with Crippen molar-refractivity contribution in [2.75, 3.05) is 18.7 Å². The van der Waals surface area contributed by atoms with E-state index in [-0.39, 0.29) is 24.3 Å². The molecular formula is C22H19N3O4. The van der Waals surface area contributed by atoms with Gasteiger partial charge in [-0.1, -0.05) is 30.3 Å². The van der Waals surface area contributed by atoms with Gasteiger partial charge in [0.2, 0.25) is 6.79 Å². The molecule has 7 heteroatoms. The highest BCUT2D eigenvalue weighted by Gasteiger charge is 2.16. The Bertz CT molecular complexity index is 1040. The van der Waals surface area contributed by atoms with Crippen LogP contribution in [0.5, 0.6) is 11.5 Å².